The van der Waals surface area contributed by atoms with E-state index in [9.17, 15) is 14.4 Å². The number of ketones is 2. The predicted octanol–water partition coefficient (Wildman–Crippen LogP) is 2.38. The second-order valence-corrected chi connectivity index (χ2v) is 5.90. The minimum Gasteiger partial charge on any atom is -0.466 e. The summed E-state index contributed by atoms with van der Waals surface area (Å²) in [7, 11) is 1.30. The summed E-state index contributed by atoms with van der Waals surface area (Å²) in [4.78, 5) is 36.0. The SMILES string of the molecule is C=C(C(=O)OC)[C@@H]1CC(=O)[C@@]2(C)CCC(=O)C(C)=C2C1. The molecular weight excluding hydrogens is 256 g/mol. The molecule has 4 nitrogen and oxygen atoms in total. The van der Waals surface area contributed by atoms with Crippen LogP contribution < -0.4 is 0 Å². The van der Waals surface area contributed by atoms with Gasteiger partial charge in [-0.25, -0.2) is 4.79 Å². The number of hydrogen-bond donors (Lipinski definition) is 0. The van der Waals surface area contributed by atoms with Crippen molar-refractivity contribution in [1.82, 2.24) is 0 Å². The average molecular weight is 276 g/mol. The summed E-state index contributed by atoms with van der Waals surface area (Å²) in [5.41, 5.74) is 1.36. The number of methoxy groups -OCH3 is 1. The normalized spacial score (nSPS) is 30.1. The Morgan fingerprint density at radius 2 is 2.00 bits per heavy atom. The molecule has 0 unspecified atom stereocenters. The Morgan fingerprint density at radius 3 is 2.60 bits per heavy atom. The monoisotopic (exact) mass is 276 g/mol. The molecule has 4 heteroatoms. The first-order valence-electron chi connectivity index (χ1n) is 6.85. The van der Waals surface area contributed by atoms with Crippen molar-refractivity contribution in [2.45, 2.75) is 39.5 Å². The highest BCUT2D eigenvalue weighted by Crippen LogP contribution is 2.49. The second-order valence-electron chi connectivity index (χ2n) is 5.90. The first kappa shape index (κ1) is 14.7. The summed E-state index contributed by atoms with van der Waals surface area (Å²) in [5, 5.41) is 0. The highest BCUT2D eigenvalue weighted by atomic mass is 16.5. The quantitative estimate of drug-likeness (QED) is 0.574. The molecule has 0 bridgehead atoms. The number of fused-ring (bicyclic) bond motifs is 1. The number of hydrogen-bond acceptors (Lipinski definition) is 4. The van der Waals surface area contributed by atoms with E-state index in [4.69, 9.17) is 0 Å². The Bertz CT molecular complexity index is 541. The maximum atomic E-state index is 12.5. The van der Waals surface area contributed by atoms with Gasteiger partial charge < -0.3 is 4.74 Å². The van der Waals surface area contributed by atoms with Crippen molar-refractivity contribution in [3.63, 3.8) is 0 Å². The van der Waals surface area contributed by atoms with Crippen LogP contribution in [0.2, 0.25) is 0 Å². The lowest BCUT2D eigenvalue weighted by Gasteiger charge is -2.42. The molecule has 0 aliphatic heterocycles. The highest BCUT2D eigenvalue weighted by molar-refractivity contribution is 6.02. The van der Waals surface area contributed by atoms with Crippen LogP contribution >= 0.6 is 0 Å². The van der Waals surface area contributed by atoms with Gasteiger partial charge in [0.15, 0.2) is 5.78 Å². The summed E-state index contributed by atoms with van der Waals surface area (Å²) in [6.07, 6.45) is 1.86. The van der Waals surface area contributed by atoms with Crippen LogP contribution in [0.25, 0.3) is 0 Å². The van der Waals surface area contributed by atoms with Gasteiger partial charge in [0.25, 0.3) is 0 Å². The van der Waals surface area contributed by atoms with Crippen LogP contribution in [0, 0.1) is 11.3 Å². The fourth-order valence-electron chi connectivity index (χ4n) is 3.28. The van der Waals surface area contributed by atoms with Gasteiger partial charge in [-0.2, -0.15) is 0 Å². The molecule has 0 aromatic rings. The Hall–Kier alpha value is -1.71. The second kappa shape index (κ2) is 5.00. The molecule has 2 aliphatic carbocycles. The van der Waals surface area contributed by atoms with Crippen LogP contribution in [-0.2, 0) is 19.1 Å². The number of carbonyl (C=O) groups is 3. The minimum absolute atomic E-state index is 0.0978. The molecule has 20 heavy (non-hydrogen) atoms. The Kier molecular flexibility index (Phi) is 3.67. The molecule has 0 aromatic carbocycles. The summed E-state index contributed by atoms with van der Waals surface area (Å²) < 4.78 is 4.68. The molecule has 0 spiro atoms. The molecule has 0 N–H and O–H groups in total. The van der Waals surface area contributed by atoms with E-state index in [2.05, 4.69) is 11.3 Å². The van der Waals surface area contributed by atoms with E-state index in [1.165, 1.54) is 7.11 Å². The lowest BCUT2D eigenvalue weighted by Crippen LogP contribution is -2.41. The van der Waals surface area contributed by atoms with E-state index in [1.54, 1.807) is 6.92 Å². The van der Waals surface area contributed by atoms with E-state index < -0.39 is 11.4 Å². The van der Waals surface area contributed by atoms with Crippen LogP contribution in [0.4, 0.5) is 0 Å². The molecule has 108 valence electrons. The number of rotatable bonds is 2. The summed E-state index contributed by atoms with van der Waals surface area (Å²) in [5.74, 6) is -0.527. The van der Waals surface area contributed by atoms with Gasteiger partial charge in [0.2, 0.25) is 0 Å². The first-order chi connectivity index (χ1) is 9.31. The molecule has 0 aromatic heterocycles. The van der Waals surface area contributed by atoms with Crippen LogP contribution in [0.15, 0.2) is 23.3 Å². The maximum Gasteiger partial charge on any atom is 0.333 e. The van der Waals surface area contributed by atoms with Gasteiger partial charge >= 0.3 is 5.97 Å². The lowest BCUT2D eigenvalue weighted by molar-refractivity contribution is -0.137. The molecule has 1 saturated carbocycles. The van der Waals surface area contributed by atoms with Gasteiger partial charge in [-0.15, -0.1) is 0 Å². The van der Waals surface area contributed by atoms with Gasteiger partial charge in [0.1, 0.15) is 5.78 Å². The summed E-state index contributed by atoms with van der Waals surface area (Å²) in [6, 6.07) is 0. The molecule has 0 amide bonds. The minimum atomic E-state index is -0.537. The van der Waals surface area contributed by atoms with E-state index in [1.807, 2.05) is 6.92 Å². The highest BCUT2D eigenvalue weighted by Gasteiger charge is 2.47. The van der Waals surface area contributed by atoms with Crippen molar-refractivity contribution in [3.05, 3.63) is 23.3 Å². The number of Topliss-reactive ketones (excluding diaryl/α,β-unsaturated/α-hetero) is 2. The zero-order valence-electron chi connectivity index (χ0n) is 12.2. The summed E-state index contributed by atoms with van der Waals surface area (Å²) >= 11 is 0. The zero-order chi connectivity index (χ0) is 15.1. The average Bonchev–Trinajstić information content (AvgIpc) is 2.43. The molecule has 1 fully saturated rings. The van der Waals surface area contributed by atoms with E-state index in [0.29, 0.717) is 36.8 Å². The lowest BCUT2D eigenvalue weighted by atomic mass is 9.60. The third-order valence-corrected chi connectivity index (χ3v) is 4.83. The van der Waals surface area contributed by atoms with E-state index >= 15 is 0 Å². The Morgan fingerprint density at radius 1 is 1.35 bits per heavy atom. The van der Waals surface area contributed by atoms with Crippen molar-refractivity contribution in [1.29, 1.82) is 0 Å². The number of allylic oxidation sites excluding steroid dienone is 2. The van der Waals surface area contributed by atoms with Crippen LogP contribution in [-0.4, -0.2) is 24.6 Å². The van der Waals surface area contributed by atoms with Gasteiger partial charge in [-0.05, 0) is 37.8 Å². The molecule has 0 radical (unpaired) electrons. The zero-order valence-corrected chi connectivity index (χ0v) is 12.2. The van der Waals surface area contributed by atoms with E-state index in [0.717, 1.165) is 5.57 Å². The topological polar surface area (TPSA) is 60.4 Å². The van der Waals surface area contributed by atoms with Gasteiger partial charge in [0.05, 0.1) is 7.11 Å². The van der Waals surface area contributed by atoms with Crippen LogP contribution in [0.5, 0.6) is 0 Å². The maximum absolute atomic E-state index is 12.5. The van der Waals surface area contributed by atoms with Crippen LogP contribution in [0.1, 0.15) is 39.5 Å². The molecule has 2 rings (SSSR count). The smallest absolute Gasteiger partial charge is 0.333 e. The fourth-order valence-corrected chi connectivity index (χ4v) is 3.28. The Balaban J connectivity index is 2.37. The number of ether oxygens (including phenoxy) is 1. The first-order valence-corrected chi connectivity index (χ1v) is 6.85. The largest absolute Gasteiger partial charge is 0.466 e. The Labute approximate surface area is 118 Å². The van der Waals surface area contributed by atoms with Crippen molar-refractivity contribution < 1.29 is 19.1 Å². The van der Waals surface area contributed by atoms with Gasteiger partial charge in [-0.1, -0.05) is 6.58 Å². The molecular formula is C16H20O4. The molecule has 2 atom stereocenters. The third-order valence-electron chi connectivity index (χ3n) is 4.83. The van der Waals surface area contributed by atoms with Crippen molar-refractivity contribution >= 4 is 17.5 Å². The fraction of sp³-hybridized carbons (Fsp3) is 0.562. The molecule has 0 heterocycles. The van der Waals surface area contributed by atoms with Crippen molar-refractivity contribution in [3.8, 4) is 0 Å². The van der Waals surface area contributed by atoms with Crippen LogP contribution in [0.3, 0.4) is 0 Å². The van der Waals surface area contributed by atoms with Gasteiger partial charge in [-0.3, -0.25) is 9.59 Å². The number of carbonyl (C=O) groups excluding carboxylic acids is 3. The van der Waals surface area contributed by atoms with E-state index in [-0.39, 0.29) is 17.5 Å². The van der Waals surface area contributed by atoms with Gasteiger partial charge in [0, 0.05) is 29.7 Å². The molecule has 0 saturated heterocycles. The molecule has 2 aliphatic rings. The summed E-state index contributed by atoms with van der Waals surface area (Å²) in [6.45, 7) is 7.45. The standard InChI is InChI=1S/C16H20O4/c1-9(15(19)20-4)11-7-12-10(2)13(17)5-6-16(12,3)14(18)8-11/h11H,1,5-8H2,2-4H3/t11-,16-/m0/s1. The van der Waals surface area contributed by atoms with Crippen molar-refractivity contribution in [2.75, 3.05) is 7.11 Å². The third kappa shape index (κ3) is 2.13. The predicted molar refractivity (Wildman–Crippen MR) is 73.9 cm³/mol. The van der Waals surface area contributed by atoms with Crippen molar-refractivity contribution in [2.24, 2.45) is 11.3 Å². The number of esters is 1.